The van der Waals surface area contributed by atoms with Crippen LogP contribution in [0.15, 0.2) is 36.5 Å². The number of hydrogen-bond acceptors (Lipinski definition) is 4. The summed E-state index contributed by atoms with van der Waals surface area (Å²) in [5.74, 6) is -0.190. The molecule has 144 valence electrons. The predicted molar refractivity (Wildman–Crippen MR) is 90.3 cm³/mol. The summed E-state index contributed by atoms with van der Waals surface area (Å²) < 4.78 is 56.5. The number of amides is 1. The van der Waals surface area contributed by atoms with E-state index in [1.54, 1.807) is 9.80 Å². The van der Waals surface area contributed by atoms with Crippen LogP contribution in [0, 0.1) is 5.82 Å². The second kappa shape index (κ2) is 7.42. The third kappa shape index (κ3) is 4.12. The van der Waals surface area contributed by atoms with Gasteiger partial charge in [-0.3, -0.25) is 4.79 Å². The fourth-order valence-corrected chi connectivity index (χ4v) is 2.90. The first-order valence-electron chi connectivity index (χ1n) is 8.20. The molecule has 27 heavy (non-hydrogen) atoms. The lowest BCUT2D eigenvalue weighted by Crippen LogP contribution is -2.49. The third-order valence-electron chi connectivity index (χ3n) is 4.36. The molecule has 1 aromatic heterocycles. The number of carbonyl (C=O) groups is 1. The summed E-state index contributed by atoms with van der Waals surface area (Å²) in [7, 11) is 1.40. The van der Waals surface area contributed by atoms with E-state index in [1.807, 2.05) is 0 Å². The number of ether oxygens (including phenoxy) is 1. The molecule has 1 amide bonds. The molecule has 2 aromatic rings. The Kier molecular flexibility index (Phi) is 5.20. The number of anilines is 1. The number of halogens is 4. The first-order chi connectivity index (χ1) is 12.8. The van der Waals surface area contributed by atoms with E-state index in [9.17, 15) is 22.4 Å². The highest BCUT2D eigenvalue weighted by Gasteiger charge is 2.31. The molecule has 3 rings (SSSR count). The average Bonchev–Trinajstić information content (AvgIpc) is 2.67. The van der Waals surface area contributed by atoms with Gasteiger partial charge in [0, 0.05) is 32.4 Å². The molecule has 0 spiro atoms. The van der Waals surface area contributed by atoms with Crippen molar-refractivity contribution in [2.45, 2.75) is 6.18 Å². The van der Waals surface area contributed by atoms with Gasteiger partial charge >= 0.3 is 6.18 Å². The summed E-state index contributed by atoms with van der Waals surface area (Å²) in [6.45, 7) is 1.48. The van der Waals surface area contributed by atoms with Crippen molar-refractivity contribution in [3.63, 3.8) is 0 Å². The Balaban J connectivity index is 1.67. The van der Waals surface area contributed by atoms with E-state index < -0.39 is 17.6 Å². The Labute approximate surface area is 153 Å². The molecular formula is C18H17F4N3O2. The maximum atomic E-state index is 13.5. The van der Waals surface area contributed by atoms with Gasteiger partial charge in [0.05, 0.1) is 18.2 Å². The standard InChI is InChI=1S/C18H17F4N3O2/c1-27-15-4-3-13(19)10-14(15)17(26)25-8-6-24(7-9-25)16-5-2-12(11-23-16)18(20,21)22/h2-5,10-11H,6-9H2,1H3. The van der Waals surface area contributed by atoms with E-state index in [-0.39, 0.29) is 17.2 Å². The minimum Gasteiger partial charge on any atom is -0.496 e. The van der Waals surface area contributed by atoms with Crippen LogP contribution in [0.25, 0.3) is 0 Å². The monoisotopic (exact) mass is 383 g/mol. The lowest BCUT2D eigenvalue weighted by atomic mass is 10.1. The van der Waals surface area contributed by atoms with Crippen molar-refractivity contribution in [1.82, 2.24) is 9.88 Å². The molecule has 1 fully saturated rings. The highest BCUT2D eigenvalue weighted by Crippen LogP contribution is 2.29. The Hall–Kier alpha value is -2.84. The van der Waals surface area contributed by atoms with Crippen molar-refractivity contribution in [1.29, 1.82) is 0 Å². The van der Waals surface area contributed by atoms with Crippen molar-refractivity contribution in [3.05, 3.63) is 53.5 Å². The smallest absolute Gasteiger partial charge is 0.417 e. The number of carbonyl (C=O) groups excluding carboxylic acids is 1. The van der Waals surface area contributed by atoms with Crippen LogP contribution in [0.2, 0.25) is 0 Å². The number of aromatic nitrogens is 1. The fraction of sp³-hybridized carbons (Fsp3) is 0.333. The van der Waals surface area contributed by atoms with Crippen molar-refractivity contribution < 1.29 is 27.1 Å². The van der Waals surface area contributed by atoms with E-state index in [4.69, 9.17) is 4.74 Å². The average molecular weight is 383 g/mol. The molecule has 2 heterocycles. The Morgan fingerprint density at radius 2 is 1.81 bits per heavy atom. The van der Waals surface area contributed by atoms with E-state index >= 15 is 0 Å². The molecule has 5 nitrogen and oxygen atoms in total. The highest BCUT2D eigenvalue weighted by molar-refractivity contribution is 5.97. The van der Waals surface area contributed by atoms with Crippen LogP contribution >= 0.6 is 0 Å². The van der Waals surface area contributed by atoms with Crippen LogP contribution in [-0.2, 0) is 6.18 Å². The number of alkyl halides is 3. The van der Waals surface area contributed by atoms with Gasteiger partial charge in [-0.2, -0.15) is 13.2 Å². The number of piperazine rings is 1. The van der Waals surface area contributed by atoms with Crippen LogP contribution in [-0.4, -0.2) is 49.1 Å². The van der Waals surface area contributed by atoms with Crippen molar-refractivity contribution in [2.75, 3.05) is 38.2 Å². The summed E-state index contributed by atoms with van der Waals surface area (Å²) in [6, 6.07) is 6.03. The van der Waals surface area contributed by atoms with Crippen molar-refractivity contribution >= 4 is 11.7 Å². The summed E-state index contributed by atoms with van der Waals surface area (Å²) in [5, 5.41) is 0. The topological polar surface area (TPSA) is 45.7 Å². The molecular weight excluding hydrogens is 366 g/mol. The van der Waals surface area contributed by atoms with Gasteiger partial charge in [-0.1, -0.05) is 0 Å². The molecule has 0 N–H and O–H groups in total. The van der Waals surface area contributed by atoms with Gasteiger partial charge in [-0.25, -0.2) is 9.37 Å². The van der Waals surface area contributed by atoms with E-state index in [2.05, 4.69) is 4.98 Å². The van der Waals surface area contributed by atoms with Crippen molar-refractivity contribution in [3.8, 4) is 5.75 Å². The Morgan fingerprint density at radius 1 is 1.11 bits per heavy atom. The zero-order valence-corrected chi connectivity index (χ0v) is 14.5. The number of methoxy groups -OCH3 is 1. The van der Waals surface area contributed by atoms with E-state index in [1.165, 1.54) is 25.3 Å². The molecule has 0 saturated carbocycles. The lowest BCUT2D eigenvalue weighted by Gasteiger charge is -2.35. The van der Waals surface area contributed by atoms with Gasteiger partial charge in [-0.15, -0.1) is 0 Å². The van der Waals surface area contributed by atoms with Crippen LogP contribution in [0.3, 0.4) is 0 Å². The quantitative estimate of drug-likeness (QED) is 0.764. The first kappa shape index (κ1) is 18.9. The van der Waals surface area contributed by atoms with Crippen LogP contribution in [0.5, 0.6) is 5.75 Å². The van der Waals surface area contributed by atoms with Gasteiger partial charge < -0.3 is 14.5 Å². The minimum atomic E-state index is -4.43. The molecule has 9 heteroatoms. The second-order valence-electron chi connectivity index (χ2n) is 6.03. The second-order valence-corrected chi connectivity index (χ2v) is 6.03. The molecule has 0 unspecified atom stereocenters. The highest BCUT2D eigenvalue weighted by atomic mass is 19.4. The minimum absolute atomic E-state index is 0.138. The predicted octanol–water partition coefficient (Wildman–Crippen LogP) is 3.21. The zero-order valence-electron chi connectivity index (χ0n) is 14.5. The van der Waals surface area contributed by atoms with Gasteiger partial charge in [0.2, 0.25) is 0 Å². The Morgan fingerprint density at radius 3 is 2.37 bits per heavy atom. The van der Waals surface area contributed by atoms with Gasteiger partial charge in [-0.05, 0) is 30.3 Å². The largest absolute Gasteiger partial charge is 0.496 e. The summed E-state index contributed by atoms with van der Waals surface area (Å²) >= 11 is 0. The molecule has 1 aliphatic heterocycles. The Bertz CT molecular complexity index is 816. The molecule has 0 radical (unpaired) electrons. The normalized spacial score (nSPS) is 15.0. The van der Waals surface area contributed by atoms with Crippen LogP contribution in [0.1, 0.15) is 15.9 Å². The maximum Gasteiger partial charge on any atom is 0.417 e. The van der Waals surface area contributed by atoms with Gasteiger partial charge in [0.15, 0.2) is 0 Å². The van der Waals surface area contributed by atoms with E-state index in [0.717, 1.165) is 18.3 Å². The number of rotatable bonds is 3. The molecule has 0 atom stereocenters. The maximum absolute atomic E-state index is 13.5. The molecule has 0 bridgehead atoms. The summed E-state index contributed by atoms with van der Waals surface area (Å²) in [6.07, 6.45) is -3.63. The number of hydrogen-bond donors (Lipinski definition) is 0. The first-order valence-corrected chi connectivity index (χ1v) is 8.20. The molecule has 1 aliphatic rings. The SMILES string of the molecule is COc1ccc(F)cc1C(=O)N1CCN(c2ccc(C(F)(F)F)cn2)CC1. The summed E-state index contributed by atoms with van der Waals surface area (Å²) in [4.78, 5) is 19.9. The lowest BCUT2D eigenvalue weighted by molar-refractivity contribution is -0.137. The third-order valence-corrected chi connectivity index (χ3v) is 4.36. The van der Waals surface area contributed by atoms with Crippen LogP contribution in [0.4, 0.5) is 23.4 Å². The van der Waals surface area contributed by atoms with Gasteiger partial charge in [0.1, 0.15) is 17.4 Å². The zero-order chi connectivity index (χ0) is 19.6. The molecule has 1 aromatic carbocycles. The molecule has 1 saturated heterocycles. The fourth-order valence-electron chi connectivity index (χ4n) is 2.90. The summed E-state index contributed by atoms with van der Waals surface area (Å²) in [5.41, 5.74) is -0.670. The van der Waals surface area contributed by atoms with E-state index in [0.29, 0.717) is 32.0 Å². The van der Waals surface area contributed by atoms with Crippen molar-refractivity contribution in [2.24, 2.45) is 0 Å². The number of benzene rings is 1. The van der Waals surface area contributed by atoms with Crippen LogP contribution < -0.4 is 9.64 Å². The van der Waals surface area contributed by atoms with Gasteiger partial charge in [0.25, 0.3) is 5.91 Å². The molecule has 0 aliphatic carbocycles. The number of nitrogens with zero attached hydrogens (tertiary/aromatic N) is 3. The number of pyridine rings is 1.